The van der Waals surface area contributed by atoms with Crippen molar-refractivity contribution < 1.29 is 4.79 Å². The molecule has 0 spiro atoms. The van der Waals surface area contributed by atoms with E-state index in [1.807, 2.05) is 0 Å². The van der Waals surface area contributed by atoms with Crippen LogP contribution < -0.4 is 4.90 Å². The maximum Gasteiger partial charge on any atom is 0.227 e. The minimum absolute atomic E-state index is 0.0415. The number of hydrogen-bond acceptors (Lipinski definition) is 3. The molecule has 1 aromatic heterocycles. The fourth-order valence-corrected chi connectivity index (χ4v) is 2.16. The molecule has 4 heteroatoms. The van der Waals surface area contributed by atoms with Gasteiger partial charge in [0, 0.05) is 18.4 Å². The zero-order chi connectivity index (χ0) is 13.6. The first-order chi connectivity index (χ1) is 8.19. The molecule has 0 aromatic carbocycles. The summed E-state index contributed by atoms with van der Waals surface area (Å²) in [6.07, 6.45) is 4.10. The normalized spacial score (nSPS) is 19.4. The highest BCUT2D eigenvalue weighted by Crippen LogP contribution is 2.33. The molecule has 1 aliphatic rings. The standard InChI is InChI=1S/C14H21N3O/c1-13(2,3)12-15-7-10(8-16-12)17-9-14(4,5)6-11(17)18/h7-8H,6,9H2,1-5H3. The molecule has 0 aliphatic carbocycles. The number of anilines is 1. The smallest absolute Gasteiger partial charge is 0.227 e. The van der Waals surface area contributed by atoms with Gasteiger partial charge in [0.25, 0.3) is 0 Å². The number of rotatable bonds is 1. The topological polar surface area (TPSA) is 46.1 Å². The molecule has 1 aliphatic heterocycles. The van der Waals surface area contributed by atoms with Gasteiger partial charge >= 0.3 is 0 Å². The van der Waals surface area contributed by atoms with Gasteiger partial charge in [0.1, 0.15) is 5.82 Å². The second-order valence-corrected chi connectivity index (χ2v) is 6.84. The molecule has 1 fully saturated rings. The third kappa shape index (κ3) is 2.52. The maximum atomic E-state index is 11.9. The Bertz CT molecular complexity index is 457. The molecule has 1 amide bonds. The lowest BCUT2D eigenvalue weighted by Gasteiger charge is -2.21. The number of carbonyl (C=O) groups is 1. The third-order valence-corrected chi connectivity index (χ3v) is 3.14. The zero-order valence-electron chi connectivity index (χ0n) is 11.8. The molecular weight excluding hydrogens is 226 g/mol. The molecule has 0 atom stereocenters. The number of nitrogens with zero attached hydrogens (tertiary/aromatic N) is 3. The van der Waals surface area contributed by atoms with Gasteiger partial charge in [-0.25, -0.2) is 9.97 Å². The van der Waals surface area contributed by atoms with Crippen LogP contribution in [0.25, 0.3) is 0 Å². The number of amides is 1. The molecule has 4 nitrogen and oxygen atoms in total. The minimum Gasteiger partial charge on any atom is -0.309 e. The molecule has 1 saturated heterocycles. The van der Waals surface area contributed by atoms with Gasteiger partial charge in [0.15, 0.2) is 0 Å². The van der Waals surface area contributed by atoms with Crippen LogP contribution in [-0.2, 0) is 10.2 Å². The predicted octanol–water partition coefficient (Wildman–Crippen LogP) is 2.54. The van der Waals surface area contributed by atoms with Gasteiger partial charge in [-0.05, 0) is 5.41 Å². The average molecular weight is 247 g/mol. The quantitative estimate of drug-likeness (QED) is 0.766. The monoisotopic (exact) mass is 247 g/mol. The summed E-state index contributed by atoms with van der Waals surface area (Å²) in [5.41, 5.74) is 0.783. The van der Waals surface area contributed by atoms with Crippen molar-refractivity contribution >= 4 is 11.6 Å². The molecule has 0 bridgehead atoms. The molecule has 0 radical (unpaired) electrons. The Balaban J connectivity index is 2.23. The van der Waals surface area contributed by atoms with Crippen molar-refractivity contribution in [3.05, 3.63) is 18.2 Å². The lowest BCUT2D eigenvalue weighted by Crippen LogP contribution is -2.27. The van der Waals surface area contributed by atoms with Crippen molar-refractivity contribution in [2.75, 3.05) is 11.4 Å². The van der Waals surface area contributed by atoms with Gasteiger partial charge in [0.05, 0.1) is 18.1 Å². The minimum atomic E-state index is -0.0627. The van der Waals surface area contributed by atoms with E-state index in [4.69, 9.17) is 0 Å². The van der Waals surface area contributed by atoms with E-state index in [2.05, 4.69) is 44.6 Å². The maximum absolute atomic E-state index is 11.9. The lowest BCUT2D eigenvalue weighted by molar-refractivity contribution is -0.117. The van der Waals surface area contributed by atoms with Gasteiger partial charge in [-0.15, -0.1) is 0 Å². The highest BCUT2D eigenvalue weighted by Gasteiger charge is 2.36. The number of aromatic nitrogens is 2. The van der Waals surface area contributed by atoms with E-state index < -0.39 is 0 Å². The van der Waals surface area contributed by atoms with Crippen molar-refractivity contribution in [3.8, 4) is 0 Å². The van der Waals surface area contributed by atoms with Gasteiger partial charge in [-0.2, -0.15) is 0 Å². The molecule has 18 heavy (non-hydrogen) atoms. The molecule has 1 aromatic rings. The lowest BCUT2D eigenvalue weighted by atomic mass is 9.93. The summed E-state index contributed by atoms with van der Waals surface area (Å²) < 4.78 is 0. The summed E-state index contributed by atoms with van der Waals surface area (Å²) in [7, 11) is 0. The van der Waals surface area contributed by atoms with Crippen LogP contribution >= 0.6 is 0 Å². The third-order valence-electron chi connectivity index (χ3n) is 3.14. The van der Waals surface area contributed by atoms with Crippen molar-refractivity contribution in [2.45, 2.75) is 46.5 Å². The molecule has 98 valence electrons. The fraction of sp³-hybridized carbons (Fsp3) is 0.643. The average Bonchev–Trinajstić information content (AvgIpc) is 2.51. The van der Waals surface area contributed by atoms with Crippen LogP contribution in [0.1, 0.15) is 46.9 Å². The van der Waals surface area contributed by atoms with Gasteiger partial charge < -0.3 is 4.90 Å². The number of carbonyl (C=O) groups excluding carboxylic acids is 1. The van der Waals surface area contributed by atoms with Gasteiger partial charge in [0.2, 0.25) is 5.91 Å². The molecule has 0 N–H and O–H groups in total. The summed E-state index contributed by atoms with van der Waals surface area (Å²) in [6, 6.07) is 0. The van der Waals surface area contributed by atoms with E-state index in [0.29, 0.717) is 6.42 Å². The van der Waals surface area contributed by atoms with Crippen LogP contribution in [-0.4, -0.2) is 22.4 Å². The summed E-state index contributed by atoms with van der Waals surface area (Å²) in [5.74, 6) is 0.962. The summed E-state index contributed by atoms with van der Waals surface area (Å²) >= 11 is 0. The largest absolute Gasteiger partial charge is 0.309 e. The number of hydrogen-bond donors (Lipinski definition) is 0. The Morgan fingerprint density at radius 1 is 1.22 bits per heavy atom. The predicted molar refractivity (Wildman–Crippen MR) is 71.5 cm³/mol. The Labute approximate surface area is 108 Å². The van der Waals surface area contributed by atoms with Crippen molar-refractivity contribution in [1.29, 1.82) is 0 Å². The van der Waals surface area contributed by atoms with Crippen LogP contribution in [0.2, 0.25) is 0 Å². The summed E-state index contributed by atoms with van der Waals surface area (Å²) in [5, 5.41) is 0. The molecule has 0 saturated carbocycles. The first-order valence-electron chi connectivity index (χ1n) is 6.32. The summed E-state index contributed by atoms with van der Waals surface area (Å²) in [6.45, 7) is 11.2. The second kappa shape index (κ2) is 4.04. The van der Waals surface area contributed by atoms with Crippen molar-refractivity contribution in [1.82, 2.24) is 9.97 Å². The van der Waals surface area contributed by atoms with E-state index in [-0.39, 0.29) is 16.7 Å². The Morgan fingerprint density at radius 2 is 1.78 bits per heavy atom. The van der Waals surface area contributed by atoms with E-state index in [0.717, 1.165) is 18.1 Å². The Hall–Kier alpha value is -1.45. The van der Waals surface area contributed by atoms with Gasteiger partial charge in [-0.1, -0.05) is 34.6 Å². The first kappa shape index (κ1) is 13.0. The van der Waals surface area contributed by atoms with Crippen molar-refractivity contribution in [3.63, 3.8) is 0 Å². The van der Waals surface area contributed by atoms with Crippen LogP contribution in [0.5, 0.6) is 0 Å². The summed E-state index contributed by atoms with van der Waals surface area (Å²) in [4.78, 5) is 22.5. The van der Waals surface area contributed by atoms with E-state index in [1.54, 1.807) is 17.3 Å². The highest BCUT2D eigenvalue weighted by molar-refractivity contribution is 5.95. The van der Waals surface area contributed by atoms with E-state index in [1.165, 1.54) is 0 Å². The fourth-order valence-electron chi connectivity index (χ4n) is 2.16. The molecular formula is C14H21N3O. The molecule has 0 unspecified atom stereocenters. The van der Waals surface area contributed by atoms with Crippen LogP contribution in [0, 0.1) is 5.41 Å². The first-order valence-corrected chi connectivity index (χ1v) is 6.32. The highest BCUT2D eigenvalue weighted by atomic mass is 16.2. The molecule has 2 rings (SSSR count). The van der Waals surface area contributed by atoms with E-state index in [9.17, 15) is 4.79 Å². The van der Waals surface area contributed by atoms with Crippen LogP contribution in [0.15, 0.2) is 12.4 Å². The Kier molecular flexibility index (Phi) is 2.92. The zero-order valence-corrected chi connectivity index (χ0v) is 11.8. The second-order valence-electron chi connectivity index (χ2n) is 6.84. The van der Waals surface area contributed by atoms with Crippen LogP contribution in [0.3, 0.4) is 0 Å². The van der Waals surface area contributed by atoms with Crippen molar-refractivity contribution in [2.24, 2.45) is 5.41 Å². The Morgan fingerprint density at radius 3 is 2.17 bits per heavy atom. The SMILES string of the molecule is CC1(C)CC(=O)N(c2cnc(C(C)(C)C)nc2)C1. The van der Waals surface area contributed by atoms with E-state index >= 15 is 0 Å². The molecule has 2 heterocycles. The van der Waals surface area contributed by atoms with Crippen LogP contribution in [0.4, 0.5) is 5.69 Å². The van der Waals surface area contributed by atoms with Gasteiger partial charge in [-0.3, -0.25) is 4.79 Å².